The summed E-state index contributed by atoms with van der Waals surface area (Å²) >= 11 is 0. The minimum atomic E-state index is -0.723. The third-order valence-corrected chi connectivity index (χ3v) is 1.45. The predicted molar refractivity (Wildman–Crippen MR) is 47.1 cm³/mol. The second-order valence-corrected chi connectivity index (χ2v) is 2.57. The van der Waals surface area contributed by atoms with Crippen LogP contribution in [-0.2, 0) is 4.79 Å². The van der Waals surface area contributed by atoms with Gasteiger partial charge in [0.1, 0.15) is 0 Å². The molecule has 0 aromatic rings. The van der Waals surface area contributed by atoms with Gasteiger partial charge in [0.25, 0.3) is 5.91 Å². The van der Waals surface area contributed by atoms with Gasteiger partial charge in [0.2, 0.25) is 0 Å². The molecule has 0 aromatic heterocycles. The molecule has 0 rings (SSSR count). The van der Waals surface area contributed by atoms with E-state index >= 15 is 0 Å². The van der Waals surface area contributed by atoms with Crippen molar-refractivity contribution in [3.8, 4) is 0 Å². The fourth-order valence-electron chi connectivity index (χ4n) is 0.759. The van der Waals surface area contributed by atoms with Gasteiger partial charge in [-0.15, -0.1) is 0 Å². The summed E-state index contributed by atoms with van der Waals surface area (Å²) in [6.45, 7) is 0.488. The largest absolute Gasteiger partial charge is 0.370 e. The molecule has 8 N–H and O–H groups in total. The van der Waals surface area contributed by atoms with E-state index in [2.05, 4.69) is 5.32 Å². The highest BCUT2D eigenvalue weighted by atomic mass is 16.5. The summed E-state index contributed by atoms with van der Waals surface area (Å²) in [5.74, 6) is -0.719. The van der Waals surface area contributed by atoms with Gasteiger partial charge in [0, 0.05) is 6.54 Å². The zero-order valence-electron chi connectivity index (χ0n) is 7.21. The average Bonchev–Trinajstić information content (AvgIpc) is 2.10. The standard InChI is InChI=1S/C6H15N5O2/c7-4(5(12)11-13)2-1-3-10-6(8)9/h4,13H,1-3,7H2,(H,11,12)(H4,8,9,10)/t4-/m1/s1. The van der Waals surface area contributed by atoms with E-state index in [9.17, 15) is 4.79 Å². The van der Waals surface area contributed by atoms with Gasteiger partial charge < -0.3 is 16.8 Å². The topological polar surface area (TPSA) is 137 Å². The van der Waals surface area contributed by atoms with Crippen molar-refractivity contribution in [2.24, 2.45) is 11.5 Å². The van der Waals surface area contributed by atoms with Crippen LogP contribution in [0, 0.1) is 5.41 Å². The molecule has 0 unspecified atom stereocenters. The molecule has 0 aliphatic heterocycles. The van der Waals surface area contributed by atoms with Crippen LogP contribution in [0.5, 0.6) is 0 Å². The lowest BCUT2D eigenvalue weighted by Gasteiger charge is -2.08. The first-order valence-corrected chi connectivity index (χ1v) is 3.85. The van der Waals surface area contributed by atoms with Gasteiger partial charge >= 0.3 is 0 Å². The van der Waals surface area contributed by atoms with Gasteiger partial charge in [-0.05, 0) is 12.8 Å². The van der Waals surface area contributed by atoms with Gasteiger partial charge in [-0.1, -0.05) is 0 Å². The van der Waals surface area contributed by atoms with Gasteiger partial charge in [-0.2, -0.15) is 0 Å². The number of carbonyl (C=O) groups excluding carboxylic acids is 1. The van der Waals surface area contributed by atoms with Crippen LogP contribution in [0.1, 0.15) is 12.8 Å². The summed E-state index contributed by atoms with van der Waals surface area (Å²) in [7, 11) is 0. The lowest BCUT2D eigenvalue weighted by Crippen LogP contribution is -2.39. The molecule has 0 fully saturated rings. The summed E-state index contributed by atoms with van der Waals surface area (Å²) in [6, 6.07) is -0.723. The molecule has 0 saturated heterocycles. The molecule has 0 heterocycles. The second kappa shape index (κ2) is 6.21. The smallest absolute Gasteiger partial charge is 0.260 e. The first-order chi connectivity index (χ1) is 6.07. The highest BCUT2D eigenvalue weighted by Gasteiger charge is 2.10. The predicted octanol–water partition coefficient (Wildman–Crippen LogP) is -1.92. The SMILES string of the molecule is N=C(N)NCCC[C@@H](N)C(=O)NO. The van der Waals surface area contributed by atoms with E-state index in [1.807, 2.05) is 0 Å². The molecule has 7 heteroatoms. The number of hydrogen-bond donors (Lipinski definition) is 6. The molecular weight excluding hydrogens is 174 g/mol. The summed E-state index contributed by atoms with van der Waals surface area (Å²) in [6.07, 6.45) is 1.03. The van der Waals surface area contributed by atoms with Crippen molar-refractivity contribution >= 4 is 11.9 Å². The van der Waals surface area contributed by atoms with E-state index in [-0.39, 0.29) is 5.96 Å². The minimum absolute atomic E-state index is 0.111. The molecular formula is C6H15N5O2. The number of nitrogens with one attached hydrogen (secondary N) is 3. The summed E-state index contributed by atoms with van der Waals surface area (Å²) in [5.41, 5.74) is 11.8. The molecule has 0 aliphatic carbocycles. The highest BCUT2D eigenvalue weighted by Crippen LogP contribution is 1.92. The monoisotopic (exact) mass is 189 g/mol. The van der Waals surface area contributed by atoms with Crippen LogP contribution in [0.15, 0.2) is 0 Å². The van der Waals surface area contributed by atoms with Gasteiger partial charge in [0.05, 0.1) is 6.04 Å². The Morgan fingerprint density at radius 3 is 2.69 bits per heavy atom. The number of nitrogens with two attached hydrogens (primary N) is 2. The third-order valence-electron chi connectivity index (χ3n) is 1.45. The quantitative estimate of drug-likeness (QED) is 0.0984. The Morgan fingerprint density at radius 1 is 1.62 bits per heavy atom. The van der Waals surface area contributed by atoms with Crippen molar-refractivity contribution in [3.63, 3.8) is 0 Å². The van der Waals surface area contributed by atoms with Crippen molar-refractivity contribution in [2.75, 3.05) is 6.54 Å². The van der Waals surface area contributed by atoms with E-state index in [0.717, 1.165) is 0 Å². The molecule has 76 valence electrons. The van der Waals surface area contributed by atoms with Crippen molar-refractivity contribution in [1.29, 1.82) is 5.41 Å². The van der Waals surface area contributed by atoms with E-state index in [1.54, 1.807) is 0 Å². The van der Waals surface area contributed by atoms with E-state index in [4.69, 9.17) is 22.1 Å². The van der Waals surface area contributed by atoms with Crippen LogP contribution < -0.4 is 22.3 Å². The molecule has 0 aliphatic rings. The van der Waals surface area contributed by atoms with Crippen LogP contribution >= 0.6 is 0 Å². The van der Waals surface area contributed by atoms with Gasteiger partial charge in [-0.25, -0.2) is 5.48 Å². The average molecular weight is 189 g/mol. The molecule has 0 aromatic carbocycles. The molecule has 0 bridgehead atoms. The molecule has 1 amide bonds. The zero-order chi connectivity index (χ0) is 10.3. The van der Waals surface area contributed by atoms with Gasteiger partial charge in [-0.3, -0.25) is 15.4 Å². The maximum Gasteiger partial charge on any atom is 0.260 e. The molecule has 0 radical (unpaired) electrons. The number of hydroxylamine groups is 1. The molecule has 0 spiro atoms. The summed E-state index contributed by atoms with van der Waals surface area (Å²) < 4.78 is 0. The van der Waals surface area contributed by atoms with Gasteiger partial charge in [0.15, 0.2) is 5.96 Å². The van der Waals surface area contributed by atoms with E-state index < -0.39 is 11.9 Å². The fraction of sp³-hybridized carbons (Fsp3) is 0.667. The van der Waals surface area contributed by atoms with Crippen LogP contribution in [0.4, 0.5) is 0 Å². The van der Waals surface area contributed by atoms with Crippen LogP contribution in [-0.4, -0.2) is 29.7 Å². The van der Waals surface area contributed by atoms with Crippen LogP contribution in [0.2, 0.25) is 0 Å². The number of amides is 1. The Morgan fingerprint density at radius 2 is 2.23 bits per heavy atom. The maximum atomic E-state index is 10.7. The third kappa shape index (κ3) is 5.88. The number of rotatable bonds is 5. The fourth-order valence-corrected chi connectivity index (χ4v) is 0.759. The van der Waals surface area contributed by atoms with E-state index in [0.29, 0.717) is 19.4 Å². The van der Waals surface area contributed by atoms with Crippen molar-refractivity contribution in [2.45, 2.75) is 18.9 Å². The number of carbonyl (C=O) groups is 1. The lowest BCUT2D eigenvalue weighted by molar-refractivity contribution is -0.130. The van der Waals surface area contributed by atoms with Crippen LogP contribution in [0.3, 0.4) is 0 Å². The van der Waals surface area contributed by atoms with Crippen molar-refractivity contribution in [3.05, 3.63) is 0 Å². The second-order valence-electron chi connectivity index (χ2n) is 2.57. The Kier molecular flexibility index (Phi) is 5.57. The lowest BCUT2D eigenvalue weighted by atomic mass is 10.1. The van der Waals surface area contributed by atoms with Crippen molar-refractivity contribution in [1.82, 2.24) is 10.8 Å². The molecule has 0 saturated carbocycles. The Labute approximate surface area is 75.9 Å². The first kappa shape index (κ1) is 11.7. The summed E-state index contributed by atoms with van der Waals surface area (Å²) in [5, 5.41) is 17.6. The maximum absolute atomic E-state index is 10.7. The molecule has 7 nitrogen and oxygen atoms in total. The molecule has 13 heavy (non-hydrogen) atoms. The Balaban J connectivity index is 3.42. The first-order valence-electron chi connectivity index (χ1n) is 3.85. The normalized spacial score (nSPS) is 11.8. The Bertz CT molecular complexity index is 184. The molecule has 1 atom stereocenters. The number of guanidine groups is 1. The Hall–Kier alpha value is -1.34. The zero-order valence-corrected chi connectivity index (χ0v) is 7.21. The minimum Gasteiger partial charge on any atom is -0.370 e. The van der Waals surface area contributed by atoms with Crippen LogP contribution in [0.25, 0.3) is 0 Å². The van der Waals surface area contributed by atoms with Crippen molar-refractivity contribution < 1.29 is 10.0 Å². The van der Waals surface area contributed by atoms with E-state index in [1.165, 1.54) is 5.48 Å². The summed E-state index contributed by atoms with van der Waals surface area (Å²) in [4.78, 5) is 10.7. The highest BCUT2D eigenvalue weighted by molar-refractivity contribution is 5.80. The number of hydrogen-bond acceptors (Lipinski definition) is 4.